The minimum absolute atomic E-state index is 0.345. The Labute approximate surface area is 183 Å². The van der Waals surface area contributed by atoms with Crippen molar-refractivity contribution in [2.45, 2.75) is 32.9 Å². The average Bonchev–Trinajstić information content (AvgIpc) is 3.15. The standard InChI is InChI=1S/C26H28N2O3/c1-19(2)20-12-14-21(15-13-20)30-17-16-28-23-9-5-4-8-22(23)27-26(28)18-31-25-11-7-6-10-24(25)29-3/h4-15,19H,16-18H2,1-3H3. The zero-order valence-corrected chi connectivity index (χ0v) is 18.2. The molecule has 3 aromatic carbocycles. The zero-order valence-electron chi connectivity index (χ0n) is 18.2. The third-order valence-corrected chi connectivity index (χ3v) is 5.29. The lowest BCUT2D eigenvalue weighted by Gasteiger charge is -2.13. The van der Waals surface area contributed by atoms with Gasteiger partial charge in [-0.2, -0.15) is 0 Å². The lowest BCUT2D eigenvalue weighted by molar-refractivity contribution is 0.262. The van der Waals surface area contributed by atoms with Gasteiger partial charge in [-0.15, -0.1) is 0 Å². The largest absolute Gasteiger partial charge is 0.493 e. The van der Waals surface area contributed by atoms with Crippen LogP contribution < -0.4 is 14.2 Å². The second-order valence-corrected chi connectivity index (χ2v) is 7.68. The molecule has 4 aromatic rings. The molecule has 0 radical (unpaired) electrons. The summed E-state index contributed by atoms with van der Waals surface area (Å²) >= 11 is 0. The molecule has 31 heavy (non-hydrogen) atoms. The maximum absolute atomic E-state index is 6.04. The van der Waals surface area contributed by atoms with E-state index in [2.05, 4.69) is 36.6 Å². The van der Waals surface area contributed by atoms with Gasteiger partial charge in [0, 0.05) is 0 Å². The monoisotopic (exact) mass is 416 g/mol. The highest BCUT2D eigenvalue weighted by Crippen LogP contribution is 2.27. The number of methoxy groups -OCH3 is 1. The summed E-state index contributed by atoms with van der Waals surface area (Å²) in [5, 5.41) is 0. The highest BCUT2D eigenvalue weighted by molar-refractivity contribution is 5.75. The molecule has 4 rings (SSSR count). The van der Waals surface area contributed by atoms with Gasteiger partial charge < -0.3 is 18.8 Å². The highest BCUT2D eigenvalue weighted by Gasteiger charge is 2.12. The number of nitrogens with zero attached hydrogens (tertiary/aromatic N) is 2. The van der Waals surface area contributed by atoms with Gasteiger partial charge in [0.2, 0.25) is 0 Å². The summed E-state index contributed by atoms with van der Waals surface area (Å²) in [6, 6.07) is 24.1. The number of ether oxygens (including phenoxy) is 3. The third-order valence-electron chi connectivity index (χ3n) is 5.29. The third kappa shape index (κ3) is 4.82. The van der Waals surface area contributed by atoms with E-state index in [0.29, 0.717) is 37.2 Å². The predicted octanol–water partition coefficient (Wildman–Crippen LogP) is 5.83. The summed E-state index contributed by atoms with van der Waals surface area (Å²) in [7, 11) is 1.64. The van der Waals surface area contributed by atoms with Crippen LogP contribution in [0.5, 0.6) is 17.2 Å². The first-order valence-corrected chi connectivity index (χ1v) is 10.6. The number of hydrogen-bond acceptors (Lipinski definition) is 4. The topological polar surface area (TPSA) is 45.5 Å². The lowest BCUT2D eigenvalue weighted by Crippen LogP contribution is -2.13. The summed E-state index contributed by atoms with van der Waals surface area (Å²) in [5.74, 6) is 3.65. The van der Waals surface area contributed by atoms with E-state index in [1.54, 1.807) is 7.11 Å². The molecular weight excluding hydrogens is 388 g/mol. The Bertz CT molecular complexity index is 1130. The van der Waals surface area contributed by atoms with E-state index in [0.717, 1.165) is 22.6 Å². The molecule has 0 aliphatic rings. The van der Waals surface area contributed by atoms with Crippen LogP contribution in [0.3, 0.4) is 0 Å². The van der Waals surface area contributed by atoms with Gasteiger partial charge in [0.15, 0.2) is 11.5 Å². The first kappa shape index (κ1) is 20.8. The van der Waals surface area contributed by atoms with Crippen molar-refractivity contribution in [2.75, 3.05) is 13.7 Å². The van der Waals surface area contributed by atoms with Crippen LogP contribution in [0.1, 0.15) is 31.2 Å². The highest BCUT2D eigenvalue weighted by atomic mass is 16.5. The van der Waals surface area contributed by atoms with E-state index < -0.39 is 0 Å². The molecule has 0 unspecified atom stereocenters. The van der Waals surface area contributed by atoms with Crippen molar-refractivity contribution in [2.24, 2.45) is 0 Å². The molecule has 1 heterocycles. The minimum Gasteiger partial charge on any atom is -0.493 e. The van der Waals surface area contributed by atoms with Crippen LogP contribution in [0.25, 0.3) is 11.0 Å². The van der Waals surface area contributed by atoms with Crippen LogP contribution in [0.4, 0.5) is 0 Å². The molecule has 0 atom stereocenters. The normalized spacial score (nSPS) is 11.1. The molecule has 1 aromatic heterocycles. The number of hydrogen-bond donors (Lipinski definition) is 0. The molecule has 0 aliphatic carbocycles. The van der Waals surface area contributed by atoms with Gasteiger partial charge in [0.1, 0.15) is 24.8 Å². The minimum atomic E-state index is 0.345. The molecule has 0 N–H and O–H groups in total. The molecule has 0 saturated heterocycles. The number of benzene rings is 3. The quantitative estimate of drug-likeness (QED) is 0.345. The lowest BCUT2D eigenvalue weighted by atomic mass is 10.0. The summed E-state index contributed by atoms with van der Waals surface area (Å²) in [6.45, 7) is 5.95. The summed E-state index contributed by atoms with van der Waals surface area (Å²) in [4.78, 5) is 4.78. The van der Waals surface area contributed by atoms with E-state index in [1.807, 2.05) is 54.6 Å². The van der Waals surface area contributed by atoms with Crippen LogP contribution in [0.15, 0.2) is 72.8 Å². The Morgan fingerprint density at radius 1 is 0.839 bits per heavy atom. The van der Waals surface area contributed by atoms with E-state index in [4.69, 9.17) is 19.2 Å². The summed E-state index contributed by atoms with van der Waals surface area (Å²) in [6.07, 6.45) is 0. The fourth-order valence-corrected chi connectivity index (χ4v) is 3.57. The van der Waals surface area contributed by atoms with Crippen molar-refractivity contribution in [3.05, 3.63) is 84.2 Å². The van der Waals surface area contributed by atoms with Crippen molar-refractivity contribution in [3.63, 3.8) is 0 Å². The molecule has 0 amide bonds. The first-order valence-electron chi connectivity index (χ1n) is 10.6. The fraction of sp³-hybridized carbons (Fsp3) is 0.269. The molecule has 0 bridgehead atoms. The smallest absolute Gasteiger partial charge is 0.161 e. The van der Waals surface area contributed by atoms with Gasteiger partial charge in [-0.05, 0) is 47.9 Å². The Hall–Kier alpha value is -3.47. The molecule has 5 heteroatoms. The Balaban J connectivity index is 1.48. The number of rotatable bonds is 9. The Morgan fingerprint density at radius 2 is 1.55 bits per heavy atom. The fourth-order valence-electron chi connectivity index (χ4n) is 3.57. The second kappa shape index (κ2) is 9.56. The Kier molecular flexibility index (Phi) is 6.41. The first-order chi connectivity index (χ1) is 15.2. The van der Waals surface area contributed by atoms with E-state index in [1.165, 1.54) is 5.56 Å². The summed E-state index contributed by atoms with van der Waals surface area (Å²) in [5.41, 5.74) is 3.33. The number of fused-ring (bicyclic) bond motifs is 1. The van der Waals surface area contributed by atoms with Crippen molar-refractivity contribution in [3.8, 4) is 17.2 Å². The maximum atomic E-state index is 6.04. The summed E-state index contributed by atoms with van der Waals surface area (Å²) < 4.78 is 19.6. The van der Waals surface area contributed by atoms with Gasteiger partial charge in [-0.1, -0.05) is 50.2 Å². The van der Waals surface area contributed by atoms with Gasteiger partial charge in [0.25, 0.3) is 0 Å². The molecule has 0 aliphatic heterocycles. The van der Waals surface area contributed by atoms with Gasteiger partial charge in [-0.3, -0.25) is 0 Å². The SMILES string of the molecule is COc1ccccc1OCc1nc2ccccc2n1CCOc1ccc(C(C)C)cc1. The van der Waals surface area contributed by atoms with Gasteiger partial charge >= 0.3 is 0 Å². The second-order valence-electron chi connectivity index (χ2n) is 7.68. The van der Waals surface area contributed by atoms with E-state index in [-0.39, 0.29) is 0 Å². The van der Waals surface area contributed by atoms with Crippen molar-refractivity contribution >= 4 is 11.0 Å². The van der Waals surface area contributed by atoms with Crippen molar-refractivity contribution < 1.29 is 14.2 Å². The number of para-hydroxylation sites is 4. The molecule has 0 saturated carbocycles. The number of imidazole rings is 1. The molecule has 160 valence electrons. The van der Waals surface area contributed by atoms with Crippen LogP contribution in [-0.4, -0.2) is 23.3 Å². The molecule has 0 spiro atoms. The average molecular weight is 417 g/mol. The number of aromatic nitrogens is 2. The molecule has 0 fully saturated rings. The molecule has 5 nitrogen and oxygen atoms in total. The zero-order chi connectivity index (χ0) is 21.6. The van der Waals surface area contributed by atoms with Crippen molar-refractivity contribution in [1.29, 1.82) is 0 Å². The maximum Gasteiger partial charge on any atom is 0.161 e. The van der Waals surface area contributed by atoms with E-state index >= 15 is 0 Å². The Morgan fingerprint density at radius 3 is 2.29 bits per heavy atom. The molecular formula is C26H28N2O3. The van der Waals surface area contributed by atoms with Gasteiger partial charge in [-0.25, -0.2) is 4.98 Å². The van der Waals surface area contributed by atoms with Crippen LogP contribution in [0, 0.1) is 0 Å². The predicted molar refractivity (Wildman–Crippen MR) is 123 cm³/mol. The van der Waals surface area contributed by atoms with Gasteiger partial charge in [0.05, 0.1) is 24.7 Å². The van der Waals surface area contributed by atoms with Crippen LogP contribution in [-0.2, 0) is 13.2 Å². The van der Waals surface area contributed by atoms with Crippen LogP contribution >= 0.6 is 0 Å². The van der Waals surface area contributed by atoms with E-state index in [9.17, 15) is 0 Å². The van der Waals surface area contributed by atoms with Crippen molar-refractivity contribution in [1.82, 2.24) is 9.55 Å². The van der Waals surface area contributed by atoms with Crippen LogP contribution in [0.2, 0.25) is 0 Å².